The van der Waals surface area contributed by atoms with Crippen molar-refractivity contribution in [2.24, 2.45) is 5.92 Å². The second kappa shape index (κ2) is 13.6. The average molecular weight is 487 g/mol. The van der Waals surface area contributed by atoms with Crippen molar-refractivity contribution in [3.63, 3.8) is 0 Å². The Hall–Kier alpha value is -3.23. The molecular formula is C30H34N2O2S. The minimum atomic E-state index is -0.114. The number of hydrogen-bond donors (Lipinski definition) is 1. The summed E-state index contributed by atoms with van der Waals surface area (Å²) < 4.78 is 5.90. The van der Waals surface area contributed by atoms with Crippen LogP contribution < -0.4 is 10.1 Å². The Labute approximate surface area is 213 Å². The Morgan fingerprint density at radius 1 is 1.06 bits per heavy atom. The highest BCUT2D eigenvalue weighted by Gasteiger charge is 2.20. The molecule has 0 spiro atoms. The zero-order valence-electron chi connectivity index (χ0n) is 20.8. The first-order valence-electron chi connectivity index (χ1n) is 12.2. The van der Waals surface area contributed by atoms with Crippen LogP contribution in [0.5, 0.6) is 5.75 Å². The van der Waals surface area contributed by atoms with Gasteiger partial charge in [0.25, 0.3) is 5.91 Å². The van der Waals surface area contributed by atoms with E-state index >= 15 is 0 Å². The number of rotatable bonds is 12. The molecule has 0 aliphatic carbocycles. The van der Waals surface area contributed by atoms with Gasteiger partial charge in [-0.05, 0) is 71.5 Å². The van der Waals surface area contributed by atoms with Crippen LogP contribution >= 0.6 is 11.8 Å². The lowest BCUT2D eigenvalue weighted by Crippen LogP contribution is -2.30. The molecule has 3 rings (SSSR count). The normalized spacial score (nSPS) is 11.6. The predicted molar refractivity (Wildman–Crippen MR) is 144 cm³/mol. The summed E-state index contributed by atoms with van der Waals surface area (Å²) in [5.74, 6) is 2.13. The largest absolute Gasteiger partial charge is 0.489 e. The highest BCUT2D eigenvalue weighted by atomic mass is 32.2. The number of para-hydroxylation sites is 1. The minimum Gasteiger partial charge on any atom is -0.489 e. The summed E-state index contributed by atoms with van der Waals surface area (Å²) in [4.78, 5) is 14.8. The lowest BCUT2D eigenvalue weighted by molar-refractivity contribution is 0.0931. The SMILES string of the molecule is CCSc1ccc(C(CC(C)C)NC(=O)c2cc(COc3ccccc3)ccc2CCC#N)cc1. The third-order valence-corrected chi connectivity index (χ3v) is 6.57. The Morgan fingerprint density at radius 3 is 2.46 bits per heavy atom. The van der Waals surface area contributed by atoms with E-state index in [-0.39, 0.29) is 11.9 Å². The summed E-state index contributed by atoms with van der Waals surface area (Å²) in [7, 11) is 0. The fraction of sp³-hybridized carbons (Fsp3) is 0.333. The highest BCUT2D eigenvalue weighted by Crippen LogP contribution is 2.26. The Bertz CT molecular complexity index is 1120. The number of carbonyl (C=O) groups excluding carboxylic acids is 1. The van der Waals surface area contributed by atoms with Gasteiger partial charge in [0.2, 0.25) is 0 Å². The van der Waals surface area contributed by atoms with E-state index in [1.807, 2.05) is 60.3 Å². The van der Waals surface area contributed by atoms with E-state index in [1.165, 1.54) is 4.90 Å². The van der Waals surface area contributed by atoms with Crippen molar-refractivity contribution in [2.45, 2.75) is 57.6 Å². The van der Waals surface area contributed by atoms with Gasteiger partial charge in [-0.3, -0.25) is 4.79 Å². The van der Waals surface area contributed by atoms with Crippen LogP contribution in [0.4, 0.5) is 0 Å². The van der Waals surface area contributed by atoms with E-state index < -0.39 is 0 Å². The standard InChI is InChI=1S/C30H34N2O2S/c1-4-35-27-16-14-25(15-17-27)29(19-22(2)3)32-30(33)28-20-23(12-13-24(28)9-8-18-31)21-34-26-10-6-5-7-11-26/h5-7,10-17,20,22,29H,4,8-9,19,21H2,1-3H3,(H,32,33). The Balaban J connectivity index is 1.82. The molecule has 1 unspecified atom stereocenters. The van der Waals surface area contributed by atoms with Gasteiger partial charge in [0, 0.05) is 16.9 Å². The minimum absolute atomic E-state index is 0.0868. The van der Waals surface area contributed by atoms with Gasteiger partial charge in [0.1, 0.15) is 12.4 Å². The topological polar surface area (TPSA) is 62.1 Å². The van der Waals surface area contributed by atoms with E-state index in [1.54, 1.807) is 0 Å². The monoisotopic (exact) mass is 486 g/mol. The summed E-state index contributed by atoms with van der Waals surface area (Å²) >= 11 is 1.81. The zero-order chi connectivity index (χ0) is 25.0. The number of benzene rings is 3. The van der Waals surface area contributed by atoms with Crippen molar-refractivity contribution < 1.29 is 9.53 Å². The molecule has 0 fully saturated rings. The van der Waals surface area contributed by atoms with Gasteiger partial charge in [0.05, 0.1) is 12.1 Å². The van der Waals surface area contributed by atoms with Gasteiger partial charge in [-0.1, -0.05) is 63.2 Å². The average Bonchev–Trinajstić information content (AvgIpc) is 2.87. The van der Waals surface area contributed by atoms with Crippen LogP contribution in [0, 0.1) is 17.2 Å². The smallest absolute Gasteiger partial charge is 0.252 e. The van der Waals surface area contributed by atoms with Crippen LogP contribution in [0.15, 0.2) is 77.7 Å². The van der Waals surface area contributed by atoms with Crippen molar-refractivity contribution in [2.75, 3.05) is 5.75 Å². The molecule has 3 aromatic rings. The number of hydrogen-bond acceptors (Lipinski definition) is 4. The van der Waals surface area contributed by atoms with Crippen molar-refractivity contribution in [3.05, 3.63) is 95.1 Å². The van der Waals surface area contributed by atoms with E-state index in [2.05, 4.69) is 56.4 Å². The third kappa shape index (κ3) is 8.19. The van der Waals surface area contributed by atoms with Crippen molar-refractivity contribution in [1.29, 1.82) is 5.26 Å². The number of ether oxygens (including phenoxy) is 1. The molecule has 4 nitrogen and oxygen atoms in total. The first-order chi connectivity index (χ1) is 17.0. The second-order valence-corrected chi connectivity index (χ2v) is 10.2. The Morgan fingerprint density at radius 2 is 1.80 bits per heavy atom. The van der Waals surface area contributed by atoms with Crippen molar-refractivity contribution >= 4 is 17.7 Å². The summed E-state index contributed by atoms with van der Waals surface area (Å²) in [5, 5.41) is 12.4. The fourth-order valence-corrected chi connectivity index (χ4v) is 4.63. The van der Waals surface area contributed by atoms with E-state index in [9.17, 15) is 4.79 Å². The van der Waals surface area contributed by atoms with E-state index in [0.29, 0.717) is 30.9 Å². The maximum absolute atomic E-state index is 13.6. The van der Waals surface area contributed by atoms with Crippen LogP contribution in [0.1, 0.15) is 66.7 Å². The summed E-state index contributed by atoms with van der Waals surface area (Å²) in [6, 6.07) is 26.1. The van der Waals surface area contributed by atoms with Crippen molar-refractivity contribution in [3.8, 4) is 11.8 Å². The molecule has 0 radical (unpaired) electrons. The van der Waals surface area contributed by atoms with Gasteiger partial charge in [-0.15, -0.1) is 11.8 Å². The number of thioether (sulfide) groups is 1. The van der Waals surface area contributed by atoms with Crippen LogP contribution in [0.3, 0.4) is 0 Å². The molecule has 0 saturated heterocycles. The molecule has 1 atom stereocenters. The number of amides is 1. The molecule has 1 amide bonds. The van der Waals surface area contributed by atoms with Gasteiger partial charge in [-0.25, -0.2) is 0 Å². The molecule has 1 N–H and O–H groups in total. The van der Waals surface area contributed by atoms with Crippen LogP contribution in [-0.4, -0.2) is 11.7 Å². The number of nitrogens with zero attached hydrogens (tertiary/aromatic N) is 1. The third-order valence-electron chi connectivity index (χ3n) is 5.68. The molecule has 3 aromatic carbocycles. The maximum Gasteiger partial charge on any atom is 0.252 e. The fourth-order valence-electron chi connectivity index (χ4n) is 3.97. The summed E-state index contributed by atoms with van der Waals surface area (Å²) in [6.45, 7) is 6.85. The highest BCUT2D eigenvalue weighted by molar-refractivity contribution is 7.99. The van der Waals surface area contributed by atoms with Gasteiger partial charge >= 0.3 is 0 Å². The predicted octanol–water partition coefficient (Wildman–Crippen LogP) is 7.35. The van der Waals surface area contributed by atoms with Crippen LogP contribution in [0.25, 0.3) is 0 Å². The first-order valence-corrected chi connectivity index (χ1v) is 13.2. The first kappa shape index (κ1) is 26.4. The lowest BCUT2D eigenvalue weighted by Gasteiger charge is -2.22. The molecular weight excluding hydrogens is 452 g/mol. The van der Waals surface area contributed by atoms with Crippen LogP contribution in [-0.2, 0) is 13.0 Å². The Kier molecular flexibility index (Phi) is 10.3. The quantitative estimate of drug-likeness (QED) is 0.272. The molecule has 35 heavy (non-hydrogen) atoms. The summed E-state index contributed by atoms with van der Waals surface area (Å²) in [5.41, 5.74) is 3.52. The number of nitriles is 1. The maximum atomic E-state index is 13.6. The lowest BCUT2D eigenvalue weighted by atomic mass is 9.95. The van der Waals surface area contributed by atoms with Gasteiger partial charge < -0.3 is 10.1 Å². The number of nitrogens with one attached hydrogen (secondary N) is 1. The molecule has 0 aliphatic heterocycles. The zero-order valence-corrected chi connectivity index (χ0v) is 21.6. The molecule has 0 heterocycles. The van der Waals surface area contributed by atoms with E-state index in [4.69, 9.17) is 10.00 Å². The molecule has 0 bridgehead atoms. The molecule has 5 heteroatoms. The van der Waals surface area contributed by atoms with Crippen LogP contribution in [0.2, 0.25) is 0 Å². The number of carbonyl (C=O) groups is 1. The molecule has 0 aromatic heterocycles. The second-order valence-electron chi connectivity index (χ2n) is 8.91. The molecule has 0 aliphatic rings. The number of aryl methyl sites for hydroxylation is 1. The molecule has 0 saturated carbocycles. The van der Waals surface area contributed by atoms with Gasteiger partial charge in [0.15, 0.2) is 0 Å². The molecule has 182 valence electrons. The van der Waals surface area contributed by atoms with Crippen molar-refractivity contribution in [1.82, 2.24) is 5.32 Å². The summed E-state index contributed by atoms with van der Waals surface area (Å²) in [6.07, 6.45) is 1.75. The van der Waals surface area contributed by atoms with Gasteiger partial charge in [-0.2, -0.15) is 5.26 Å². The van der Waals surface area contributed by atoms with E-state index in [0.717, 1.165) is 34.6 Å².